The topological polar surface area (TPSA) is 9.23 Å². The highest BCUT2D eigenvalue weighted by Gasteiger charge is 2.13. The smallest absolute Gasteiger partial charge is 0.0902 e. The molecule has 0 aliphatic carbocycles. The lowest BCUT2D eigenvalue weighted by molar-refractivity contribution is 0.189. The highest BCUT2D eigenvalue weighted by atomic mass is 32.2. The first-order chi connectivity index (χ1) is 8.36. The van der Waals surface area contributed by atoms with Crippen LogP contribution in [-0.4, -0.2) is 18.1 Å². The minimum absolute atomic E-state index is 0.760. The summed E-state index contributed by atoms with van der Waals surface area (Å²) >= 11 is 2.06. The lowest BCUT2D eigenvalue weighted by Gasteiger charge is -2.20. The third kappa shape index (κ3) is 4.12. The van der Waals surface area contributed by atoms with Gasteiger partial charge in [0.25, 0.3) is 0 Å². The van der Waals surface area contributed by atoms with E-state index < -0.39 is 0 Å². The van der Waals surface area contributed by atoms with Crippen LogP contribution in [0.1, 0.15) is 25.3 Å². The quantitative estimate of drug-likeness (QED) is 0.738. The zero-order chi connectivity index (χ0) is 11.9. The van der Waals surface area contributed by atoms with E-state index >= 15 is 0 Å². The number of hydrogen-bond donors (Lipinski definition) is 0. The molecule has 1 aromatic rings. The van der Waals surface area contributed by atoms with Gasteiger partial charge in [-0.05, 0) is 48.3 Å². The van der Waals surface area contributed by atoms with Crippen molar-refractivity contribution in [1.29, 1.82) is 0 Å². The van der Waals surface area contributed by atoms with Crippen molar-refractivity contribution < 1.29 is 4.74 Å². The van der Waals surface area contributed by atoms with Crippen molar-refractivity contribution in [3.63, 3.8) is 0 Å². The molecule has 17 heavy (non-hydrogen) atoms. The molecule has 2 rings (SSSR count). The maximum atomic E-state index is 5.72. The van der Waals surface area contributed by atoms with Crippen molar-refractivity contribution in [2.45, 2.75) is 19.8 Å². The van der Waals surface area contributed by atoms with Crippen molar-refractivity contribution in [3.8, 4) is 0 Å². The van der Waals surface area contributed by atoms with Gasteiger partial charge in [0.1, 0.15) is 0 Å². The average molecular weight is 248 g/mol. The zero-order valence-electron chi connectivity index (χ0n) is 10.4. The third-order valence-electron chi connectivity index (χ3n) is 3.16. The summed E-state index contributed by atoms with van der Waals surface area (Å²) in [7, 11) is 0. The molecule has 1 aliphatic heterocycles. The standard InChI is InChI=1S/C15H20OS/c1-13(15-5-3-2-4-6-15)11-16-12-14-7-9-17-10-8-14/h2-6,11,14H,7-10,12H2,1H3/b13-11-. The first kappa shape index (κ1) is 12.6. The molecule has 1 aliphatic rings. The molecule has 0 atom stereocenters. The van der Waals surface area contributed by atoms with Crippen molar-refractivity contribution in [3.05, 3.63) is 42.2 Å². The summed E-state index contributed by atoms with van der Waals surface area (Å²) in [5.74, 6) is 3.36. The van der Waals surface area contributed by atoms with E-state index in [2.05, 4.69) is 43.0 Å². The predicted molar refractivity (Wildman–Crippen MR) is 76.1 cm³/mol. The maximum Gasteiger partial charge on any atom is 0.0902 e. The third-order valence-corrected chi connectivity index (χ3v) is 4.21. The molecule has 2 heteroatoms. The Morgan fingerprint density at radius 1 is 1.29 bits per heavy atom. The average Bonchev–Trinajstić information content (AvgIpc) is 2.41. The van der Waals surface area contributed by atoms with Crippen molar-refractivity contribution in [2.75, 3.05) is 18.1 Å². The van der Waals surface area contributed by atoms with Crippen LogP contribution in [0, 0.1) is 5.92 Å². The predicted octanol–water partition coefficient (Wildman–Crippen LogP) is 4.21. The SMILES string of the molecule is C/C(=C/OCC1CCSCC1)c1ccccc1. The fourth-order valence-corrected chi connectivity index (χ4v) is 3.20. The zero-order valence-corrected chi connectivity index (χ0v) is 11.2. The molecule has 0 aromatic heterocycles. The van der Waals surface area contributed by atoms with E-state index in [4.69, 9.17) is 4.74 Å². The molecule has 92 valence electrons. The molecule has 0 radical (unpaired) electrons. The number of rotatable bonds is 4. The molecule has 0 saturated carbocycles. The molecular weight excluding hydrogens is 228 g/mol. The Morgan fingerprint density at radius 2 is 2.00 bits per heavy atom. The van der Waals surface area contributed by atoms with Crippen LogP contribution in [0.5, 0.6) is 0 Å². The molecular formula is C15H20OS. The molecule has 0 spiro atoms. The van der Waals surface area contributed by atoms with Gasteiger partial charge in [0.05, 0.1) is 12.9 Å². The minimum Gasteiger partial charge on any atom is -0.501 e. The maximum absolute atomic E-state index is 5.72. The van der Waals surface area contributed by atoms with Crippen molar-refractivity contribution in [2.24, 2.45) is 5.92 Å². The lowest BCUT2D eigenvalue weighted by atomic mass is 10.0. The summed E-state index contributed by atoms with van der Waals surface area (Å²) in [5.41, 5.74) is 2.45. The summed E-state index contributed by atoms with van der Waals surface area (Å²) in [4.78, 5) is 0. The van der Waals surface area contributed by atoms with Crippen molar-refractivity contribution >= 4 is 17.3 Å². The molecule has 0 unspecified atom stereocenters. The number of thioether (sulfide) groups is 1. The van der Waals surface area contributed by atoms with E-state index in [1.807, 2.05) is 12.3 Å². The second-order valence-corrected chi connectivity index (χ2v) is 5.78. The molecule has 0 amide bonds. The van der Waals surface area contributed by atoms with Gasteiger partial charge in [-0.25, -0.2) is 0 Å². The normalized spacial score (nSPS) is 18.1. The van der Waals surface area contributed by atoms with Crippen molar-refractivity contribution in [1.82, 2.24) is 0 Å². The van der Waals surface area contributed by atoms with Crippen LogP contribution in [0.2, 0.25) is 0 Å². The first-order valence-corrected chi connectivity index (χ1v) is 7.43. The van der Waals surface area contributed by atoms with E-state index in [9.17, 15) is 0 Å². The van der Waals surface area contributed by atoms with Gasteiger partial charge < -0.3 is 4.74 Å². The van der Waals surface area contributed by atoms with Gasteiger partial charge in [0.15, 0.2) is 0 Å². The second kappa shape index (κ2) is 6.75. The number of allylic oxidation sites excluding steroid dienone is 1. The van der Waals surface area contributed by atoms with E-state index in [1.165, 1.54) is 35.5 Å². The monoisotopic (exact) mass is 248 g/mol. The summed E-state index contributed by atoms with van der Waals surface area (Å²) in [6.45, 7) is 2.98. The second-order valence-electron chi connectivity index (χ2n) is 4.56. The fourth-order valence-electron chi connectivity index (χ4n) is 1.99. The van der Waals surface area contributed by atoms with E-state index in [0.29, 0.717) is 0 Å². The lowest BCUT2D eigenvalue weighted by Crippen LogP contribution is -2.14. The highest BCUT2D eigenvalue weighted by molar-refractivity contribution is 7.99. The summed E-state index contributed by atoms with van der Waals surface area (Å²) < 4.78 is 5.72. The van der Waals surface area contributed by atoms with Gasteiger partial charge >= 0.3 is 0 Å². The Kier molecular flexibility index (Phi) is 4.99. The van der Waals surface area contributed by atoms with Gasteiger partial charge in [0, 0.05) is 0 Å². The van der Waals surface area contributed by atoms with Crippen LogP contribution in [0.3, 0.4) is 0 Å². The largest absolute Gasteiger partial charge is 0.501 e. The van der Waals surface area contributed by atoms with Gasteiger partial charge in [0.2, 0.25) is 0 Å². The summed E-state index contributed by atoms with van der Waals surface area (Å²) in [6.07, 6.45) is 4.53. The molecule has 0 bridgehead atoms. The van der Waals surface area contributed by atoms with Gasteiger partial charge in [-0.3, -0.25) is 0 Å². The molecule has 1 saturated heterocycles. The Bertz CT molecular complexity index is 352. The first-order valence-electron chi connectivity index (χ1n) is 6.28. The van der Waals surface area contributed by atoms with Crippen LogP contribution < -0.4 is 0 Å². The van der Waals surface area contributed by atoms with Crippen LogP contribution in [0.4, 0.5) is 0 Å². The Hall–Kier alpha value is -0.890. The number of benzene rings is 1. The Balaban J connectivity index is 1.80. The van der Waals surface area contributed by atoms with E-state index in [-0.39, 0.29) is 0 Å². The van der Waals surface area contributed by atoms with Gasteiger partial charge in [-0.2, -0.15) is 11.8 Å². The summed E-state index contributed by atoms with van der Waals surface area (Å²) in [6, 6.07) is 10.4. The fraction of sp³-hybridized carbons (Fsp3) is 0.467. The van der Waals surface area contributed by atoms with E-state index in [1.54, 1.807) is 0 Å². The molecule has 1 nitrogen and oxygen atoms in total. The van der Waals surface area contributed by atoms with Crippen LogP contribution in [-0.2, 0) is 4.74 Å². The van der Waals surface area contributed by atoms with Crippen LogP contribution >= 0.6 is 11.8 Å². The van der Waals surface area contributed by atoms with E-state index in [0.717, 1.165) is 12.5 Å². The van der Waals surface area contributed by atoms with Gasteiger partial charge in [-0.1, -0.05) is 30.3 Å². The molecule has 1 fully saturated rings. The summed E-state index contributed by atoms with van der Waals surface area (Å²) in [5, 5.41) is 0. The number of hydrogen-bond acceptors (Lipinski definition) is 2. The number of ether oxygens (including phenoxy) is 1. The highest BCUT2D eigenvalue weighted by Crippen LogP contribution is 2.23. The van der Waals surface area contributed by atoms with Gasteiger partial charge in [-0.15, -0.1) is 0 Å². The Morgan fingerprint density at radius 3 is 2.71 bits per heavy atom. The Labute approximate surface area is 108 Å². The molecule has 1 heterocycles. The van der Waals surface area contributed by atoms with Crippen LogP contribution in [0.15, 0.2) is 36.6 Å². The van der Waals surface area contributed by atoms with Crippen LogP contribution in [0.25, 0.3) is 5.57 Å². The molecule has 0 N–H and O–H groups in total. The molecule has 1 aromatic carbocycles. The minimum atomic E-state index is 0.760.